The fourth-order valence-corrected chi connectivity index (χ4v) is 2.24. The average molecular weight is 272 g/mol. The van der Waals surface area contributed by atoms with Gasteiger partial charge in [-0.1, -0.05) is 34.6 Å². The summed E-state index contributed by atoms with van der Waals surface area (Å²) in [4.78, 5) is 4.70. The molecule has 1 aliphatic heterocycles. The molecular formula is C14H28N2OS. The Morgan fingerprint density at radius 3 is 2.17 bits per heavy atom. The first kappa shape index (κ1) is 15.7. The summed E-state index contributed by atoms with van der Waals surface area (Å²) in [5.74, 6) is 0.737. The minimum atomic E-state index is 0.170. The van der Waals surface area contributed by atoms with Crippen molar-refractivity contribution < 1.29 is 4.74 Å². The van der Waals surface area contributed by atoms with Crippen LogP contribution in [0.4, 0.5) is 0 Å². The quantitative estimate of drug-likeness (QED) is 0.734. The van der Waals surface area contributed by atoms with Crippen molar-refractivity contribution in [2.24, 2.45) is 11.3 Å². The second-order valence-electron chi connectivity index (χ2n) is 6.80. The summed E-state index contributed by atoms with van der Waals surface area (Å²) < 4.78 is 5.70. The van der Waals surface area contributed by atoms with E-state index in [1.165, 1.54) is 6.54 Å². The number of piperazine rings is 1. The van der Waals surface area contributed by atoms with Crippen LogP contribution in [0.25, 0.3) is 0 Å². The molecule has 18 heavy (non-hydrogen) atoms. The van der Waals surface area contributed by atoms with Gasteiger partial charge < -0.3 is 9.64 Å². The highest BCUT2D eigenvalue weighted by molar-refractivity contribution is 7.80. The van der Waals surface area contributed by atoms with Gasteiger partial charge >= 0.3 is 0 Å². The van der Waals surface area contributed by atoms with Crippen LogP contribution in [0.1, 0.15) is 34.6 Å². The molecule has 4 heteroatoms. The van der Waals surface area contributed by atoms with Gasteiger partial charge in [0, 0.05) is 32.7 Å². The largest absolute Gasteiger partial charge is 0.470 e. The molecule has 1 heterocycles. The Labute approximate surface area is 117 Å². The molecule has 0 aromatic rings. The molecule has 0 unspecified atom stereocenters. The number of ether oxygens (including phenoxy) is 1. The van der Waals surface area contributed by atoms with E-state index in [-0.39, 0.29) is 5.41 Å². The molecule has 1 fully saturated rings. The van der Waals surface area contributed by atoms with Gasteiger partial charge in [-0.25, -0.2) is 0 Å². The lowest BCUT2D eigenvalue weighted by Crippen LogP contribution is -2.49. The lowest BCUT2D eigenvalue weighted by atomic mass is 9.99. The molecule has 0 N–H and O–H groups in total. The Hall–Kier alpha value is -0.350. The van der Waals surface area contributed by atoms with Crippen LogP contribution >= 0.6 is 12.2 Å². The van der Waals surface area contributed by atoms with Gasteiger partial charge in [-0.3, -0.25) is 4.90 Å². The van der Waals surface area contributed by atoms with Crippen molar-refractivity contribution in [1.29, 1.82) is 0 Å². The van der Waals surface area contributed by atoms with E-state index in [4.69, 9.17) is 17.0 Å². The minimum Gasteiger partial charge on any atom is -0.470 e. The standard InChI is InChI=1S/C14H28N2OS/c1-12(2)10-15-6-8-16(9-7-15)13(18)17-11-14(3,4)5/h12H,6-11H2,1-5H3. The zero-order valence-electron chi connectivity index (χ0n) is 12.5. The highest BCUT2D eigenvalue weighted by Gasteiger charge is 2.21. The van der Waals surface area contributed by atoms with E-state index in [0.717, 1.165) is 32.1 Å². The molecular weight excluding hydrogens is 244 g/mol. The third kappa shape index (κ3) is 6.01. The Kier molecular flexibility index (Phi) is 5.86. The summed E-state index contributed by atoms with van der Waals surface area (Å²) in [5, 5.41) is 0.675. The monoisotopic (exact) mass is 272 g/mol. The van der Waals surface area contributed by atoms with Crippen molar-refractivity contribution in [1.82, 2.24) is 9.80 Å². The van der Waals surface area contributed by atoms with Crippen LogP contribution in [-0.2, 0) is 4.74 Å². The van der Waals surface area contributed by atoms with E-state index in [0.29, 0.717) is 11.8 Å². The molecule has 1 aliphatic rings. The lowest BCUT2D eigenvalue weighted by molar-refractivity contribution is 0.122. The van der Waals surface area contributed by atoms with Crippen LogP contribution in [-0.4, -0.2) is 54.3 Å². The van der Waals surface area contributed by atoms with Crippen LogP contribution in [0, 0.1) is 11.3 Å². The number of hydrogen-bond donors (Lipinski definition) is 0. The third-order valence-corrected chi connectivity index (χ3v) is 3.26. The van der Waals surface area contributed by atoms with E-state index in [9.17, 15) is 0 Å². The van der Waals surface area contributed by atoms with Crippen molar-refractivity contribution in [2.75, 3.05) is 39.3 Å². The molecule has 0 saturated carbocycles. The van der Waals surface area contributed by atoms with Gasteiger partial charge in [0.2, 0.25) is 0 Å². The van der Waals surface area contributed by atoms with E-state index in [2.05, 4.69) is 44.4 Å². The van der Waals surface area contributed by atoms with Gasteiger partial charge in [-0.05, 0) is 23.6 Å². The van der Waals surface area contributed by atoms with Crippen LogP contribution in [0.3, 0.4) is 0 Å². The predicted molar refractivity (Wildman–Crippen MR) is 80.9 cm³/mol. The zero-order valence-corrected chi connectivity index (χ0v) is 13.3. The first-order chi connectivity index (χ1) is 8.28. The predicted octanol–water partition coefficient (Wildman–Crippen LogP) is 2.61. The number of rotatable bonds is 3. The molecule has 1 rings (SSSR count). The summed E-state index contributed by atoms with van der Waals surface area (Å²) in [6.45, 7) is 17.1. The van der Waals surface area contributed by atoms with Gasteiger partial charge in [0.05, 0.1) is 6.61 Å². The number of hydrogen-bond acceptors (Lipinski definition) is 3. The molecule has 0 aromatic carbocycles. The summed E-state index contributed by atoms with van der Waals surface area (Å²) in [7, 11) is 0. The maximum Gasteiger partial charge on any atom is 0.259 e. The number of thiocarbonyl (C=S) groups is 1. The highest BCUT2D eigenvalue weighted by atomic mass is 32.1. The summed E-state index contributed by atoms with van der Waals surface area (Å²) >= 11 is 5.35. The summed E-state index contributed by atoms with van der Waals surface area (Å²) in [6, 6.07) is 0. The molecule has 0 bridgehead atoms. The maximum absolute atomic E-state index is 5.70. The molecule has 0 spiro atoms. The van der Waals surface area contributed by atoms with Gasteiger partial charge in [-0.15, -0.1) is 0 Å². The minimum absolute atomic E-state index is 0.170. The van der Waals surface area contributed by atoms with E-state index in [1.807, 2.05) is 0 Å². The molecule has 0 aromatic heterocycles. The third-order valence-electron chi connectivity index (χ3n) is 2.88. The van der Waals surface area contributed by atoms with E-state index < -0.39 is 0 Å². The molecule has 3 nitrogen and oxygen atoms in total. The molecule has 0 atom stereocenters. The Morgan fingerprint density at radius 1 is 1.17 bits per heavy atom. The van der Waals surface area contributed by atoms with Crippen molar-refractivity contribution in [3.05, 3.63) is 0 Å². The fraction of sp³-hybridized carbons (Fsp3) is 0.929. The molecule has 0 radical (unpaired) electrons. The van der Waals surface area contributed by atoms with Gasteiger partial charge in [0.25, 0.3) is 5.17 Å². The van der Waals surface area contributed by atoms with E-state index in [1.54, 1.807) is 0 Å². The van der Waals surface area contributed by atoms with E-state index >= 15 is 0 Å². The van der Waals surface area contributed by atoms with Crippen molar-refractivity contribution in [2.45, 2.75) is 34.6 Å². The van der Waals surface area contributed by atoms with Crippen molar-refractivity contribution in [3.8, 4) is 0 Å². The van der Waals surface area contributed by atoms with Crippen molar-refractivity contribution >= 4 is 17.4 Å². The molecule has 0 amide bonds. The molecule has 1 saturated heterocycles. The molecule has 106 valence electrons. The second-order valence-corrected chi connectivity index (χ2v) is 7.15. The summed E-state index contributed by atoms with van der Waals surface area (Å²) in [6.07, 6.45) is 0. The fourth-order valence-electron chi connectivity index (χ4n) is 2.00. The first-order valence-electron chi connectivity index (χ1n) is 6.92. The second kappa shape index (κ2) is 6.71. The topological polar surface area (TPSA) is 15.7 Å². The number of nitrogens with zero attached hydrogens (tertiary/aromatic N) is 2. The van der Waals surface area contributed by atoms with Gasteiger partial charge in [0.15, 0.2) is 0 Å². The normalized spacial score (nSPS) is 18.2. The smallest absolute Gasteiger partial charge is 0.259 e. The van der Waals surface area contributed by atoms with Gasteiger partial charge in [-0.2, -0.15) is 0 Å². The van der Waals surface area contributed by atoms with Crippen LogP contribution < -0.4 is 0 Å². The zero-order chi connectivity index (χ0) is 13.8. The van der Waals surface area contributed by atoms with Crippen LogP contribution in [0.5, 0.6) is 0 Å². The van der Waals surface area contributed by atoms with Gasteiger partial charge in [0.1, 0.15) is 0 Å². The first-order valence-corrected chi connectivity index (χ1v) is 7.33. The van der Waals surface area contributed by atoms with Crippen molar-refractivity contribution in [3.63, 3.8) is 0 Å². The van der Waals surface area contributed by atoms with Crippen LogP contribution in [0.2, 0.25) is 0 Å². The summed E-state index contributed by atoms with van der Waals surface area (Å²) in [5.41, 5.74) is 0.170. The lowest BCUT2D eigenvalue weighted by Gasteiger charge is -2.36. The highest BCUT2D eigenvalue weighted by Crippen LogP contribution is 2.14. The maximum atomic E-state index is 5.70. The Morgan fingerprint density at radius 2 is 1.72 bits per heavy atom. The Bertz CT molecular complexity index is 265. The Balaban J connectivity index is 2.27. The SMILES string of the molecule is CC(C)CN1CCN(C(=S)OCC(C)(C)C)CC1. The van der Waals surface area contributed by atoms with Crippen LogP contribution in [0.15, 0.2) is 0 Å². The molecule has 0 aliphatic carbocycles. The average Bonchev–Trinajstić information content (AvgIpc) is 2.25.